The minimum Gasteiger partial charge on any atom is -0.489 e. The summed E-state index contributed by atoms with van der Waals surface area (Å²) in [5, 5.41) is 17.7. The first kappa shape index (κ1) is 12.7. The maximum Gasteiger partial charge on any atom is 0.456 e. The van der Waals surface area contributed by atoms with Gasteiger partial charge in [-0.1, -0.05) is 42.5 Å². The molecule has 2 aromatic rings. The summed E-state index contributed by atoms with van der Waals surface area (Å²) in [6.45, 7) is 0.531. The van der Waals surface area contributed by atoms with Crippen LogP contribution in [0.15, 0.2) is 54.6 Å². The fourth-order valence-corrected chi connectivity index (χ4v) is 1.67. The predicted octanol–water partition coefficient (Wildman–Crippen LogP) is 1.82. The third kappa shape index (κ3) is 3.91. The molecule has 2 aromatic carbocycles. The van der Waals surface area contributed by atoms with Crippen molar-refractivity contribution in [3.8, 4) is 5.75 Å². The molecule has 0 amide bonds. The molecule has 92 valence electrons. The van der Waals surface area contributed by atoms with Crippen LogP contribution in [0.5, 0.6) is 5.75 Å². The van der Waals surface area contributed by atoms with Gasteiger partial charge in [-0.05, 0) is 23.3 Å². The molecule has 0 fully saturated rings. The van der Waals surface area contributed by atoms with Crippen molar-refractivity contribution in [1.29, 1.82) is 0 Å². The quantitative estimate of drug-likeness (QED) is 0.786. The Kier molecular flexibility index (Phi) is 4.39. The van der Waals surface area contributed by atoms with Crippen LogP contribution in [0.2, 0.25) is 0 Å². The highest BCUT2D eigenvalue weighted by Crippen LogP contribution is 2.14. The van der Waals surface area contributed by atoms with E-state index in [1.165, 1.54) is 0 Å². The Bertz CT molecular complexity index is 468. The van der Waals surface area contributed by atoms with Gasteiger partial charge in [0.05, 0.1) is 0 Å². The summed E-state index contributed by atoms with van der Waals surface area (Å²) in [7, 11) is -1.30. The molecule has 0 aliphatic heterocycles. The van der Waals surface area contributed by atoms with Crippen LogP contribution in [0.1, 0.15) is 11.1 Å². The lowest BCUT2D eigenvalue weighted by Gasteiger charge is -2.07. The van der Waals surface area contributed by atoms with Crippen LogP contribution in [-0.4, -0.2) is 17.2 Å². The van der Waals surface area contributed by atoms with Gasteiger partial charge in [0.15, 0.2) is 0 Å². The van der Waals surface area contributed by atoms with Gasteiger partial charge < -0.3 is 14.8 Å². The Hall–Kier alpha value is -1.78. The summed E-state index contributed by atoms with van der Waals surface area (Å²) in [6.07, 6.45) is 0.235. The highest BCUT2D eigenvalue weighted by molar-refractivity contribution is 6.40. The molecule has 0 heterocycles. The highest BCUT2D eigenvalue weighted by Gasteiger charge is 2.07. The maximum absolute atomic E-state index is 8.85. The molecule has 18 heavy (non-hydrogen) atoms. The average Bonchev–Trinajstić information content (AvgIpc) is 2.38. The molecule has 2 rings (SSSR count). The molecule has 0 bridgehead atoms. The van der Waals surface area contributed by atoms with E-state index in [-0.39, 0.29) is 6.32 Å². The van der Waals surface area contributed by atoms with Crippen molar-refractivity contribution in [3.05, 3.63) is 65.7 Å². The molecular weight excluding hydrogens is 227 g/mol. The van der Waals surface area contributed by atoms with Gasteiger partial charge in [0.2, 0.25) is 0 Å². The lowest BCUT2D eigenvalue weighted by atomic mass is 9.82. The van der Waals surface area contributed by atoms with Crippen LogP contribution >= 0.6 is 0 Å². The maximum atomic E-state index is 8.85. The Labute approximate surface area is 107 Å². The van der Waals surface area contributed by atoms with E-state index in [9.17, 15) is 0 Å². The fraction of sp³-hybridized carbons (Fsp3) is 0.143. The molecule has 0 aliphatic carbocycles. The number of hydrogen-bond acceptors (Lipinski definition) is 3. The largest absolute Gasteiger partial charge is 0.489 e. The van der Waals surface area contributed by atoms with Gasteiger partial charge in [-0.15, -0.1) is 0 Å². The summed E-state index contributed by atoms with van der Waals surface area (Å²) in [5.41, 5.74) is 1.99. The second-order valence-corrected chi connectivity index (χ2v) is 4.10. The molecule has 0 unspecified atom stereocenters. The van der Waals surface area contributed by atoms with Gasteiger partial charge in [-0.3, -0.25) is 0 Å². The SMILES string of the molecule is OB(O)Cc1ccc(OCc2ccccc2)cc1. The van der Waals surface area contributed by atoms with Gasteiger partial charge in [-0.2, -0.15) is 0 Å². The molecule has 3 nitrogen and oxygen atoms in total. The zero-order valence-electron chi connectivity index (χ0n) is 9.99. The summed E-state index contributed by atoms with van der Waals surface area (Å²) in [4.78, 5) is 0. The zero-order chi connectivity index (χ0) is 12.8. The van der Waals surface area contributed by atoms with Gasteiger partial charge >= 0.3 is 7.12 Å². The first-order chi connectivity index (χ1) is 8.74. The van der Waals surface area contributed by atoms with Crippen molar-refractivity contribution in [3.63, 3.8) is 0 Å². The van der Waals surface area contributed by atoms with Gasteiger partial charge in [-0.25, -0.2) is 0 Å². The molecule has 0 spiro atoms. The lowest BCUT2D eigenvalue weighted by molar-refractivity contribution is 0.306. The number of benzene rings is 2. The van der Waals surface area contributed by atoms with Crippen molar-refractivity contribution in [2.75, 3.05) is 0 Å². The summed E-state index contributed by atoms with van der Waals surface area (Å²) < 4.78 is 5.63. The molecule has 2 N–H and O–H groups in total. The molecular formula is C14H15BO3. The Morgan fingerprint density at radius 1 is 0.833 bits per heavy atom. The highest BCUT2D eigenvalue weighted by atomic mass is 16.5. The molecule has 0 atom stereocenters. The molecule has 0 saturated heterocycles. The van der Waals surface area contributed by atoms with Crippen LogP contribution in [0.4, 0.5) is 0 Å². The number of ether oxygens (including phenoxy) is 1. The standard InChI is InChI=1S/C14H15BO3/c16-15(17)10-12-6-8-14(9-7-12)18-11-13-4-2-1-3-5-13/h1-9,16-17H,10-11H2. The first-order valence-corrected chi connectivity index (χ1v) is 5.86. The second-order valence-electron chi connectivity index (χ2n) is 4.10. The van der Waals surface area contributed by atoms with Gasteiger partial charge in [0, 0.05) is 6.32 Å². The minimum atomic E-state index is -1.30. The van der Waals surface area contributed by atoms with Crippen molar-refractivity contribution in [2.45, 2.75) is 12.9 Å². The van der Waals surface area contributed by atoms with Crippen molar-refractivity contribution >= 4 is 7.12 Å². The van der Waals surface area contributed by atoms with E-state index in [2.05, 4.69) is 0 Å². The molecule has 4 heteroatoms. The van der Waals surface area contributed by atoms with E-state index in [0.29, 0.717) is 6.61 Å². The number of rotatable bonds is 5. The van der Waals surface area contributed by atoms with E-state index in [4.69, 9.17) is 14.8 Å². The van der Waals surface area contributed by atoms with Crippen LogP contribution in [0, 0.1) is 0 Å². The summed E-state index contributed by atoms with van der Waals surface area (Å²) in [5.74, 6) is 0.773. The lowest BCUT2D eigenvalue weighted by Crippen LogP contribution is -2.14. The third-order valence-corrected chi connectivity index (χ3v) is 2.59. The van der Waals surface area contributed by atoms with Gasteiger partial charge in [0.1, 0.15) is 12.4 Å². The Balaban J connectivity index is 1.90. The Morgan fingerprint density at radius 3 is 2.11 bits per heavy atom. The molecule has 0 radical (unpaired) electrons. The van der Waals surface area contributed by atoms with E-state index >= 15 is 0 Å². The van der Waals surface area contributed by atoms with E-state index in [1.54, 1.807) is 0 Å². The van der Waals surface area contributed by atoms with E-state index in [1.807, 2.05) is 54.6 Å². The second kappa shape index (κ2) is 6.24. The minimum absolute atomic E-state index is 0.235. The summed E-state index contributed by atoms with van der Waals surface area (Å²) >= 11 is 0. The Morgan fingerprint density at radius 2 is 1.50 bits per heavy atom. The first-order valence-electron chi connectivity index (χ1n) is 5.86. The fourth-order valence-electron chi connectivity index (χ4n) is 1.67. The normalized spacial score (nSPS) is 10.1. The molecule has 0 aromatic heterocycles. The van der Waals surface area contributed by atoms with Crippen LogP contribution in [0.3, 0.4) is 0 Å². The predicted molar refractivity (Wildman–Crippen MR) is 71.1 cm³/mol. The van der Waals surface area contributed by atoms with E-state index in [0.717, 1.165) is 16.9 Å². The van der Waals surface area contributed by atoms with Crippen LogP contribution < -0.4 is 4.74 Å². The van der Waals surface area contributed by atoms with Crippen molar-refractivity contribution < 1.29 is 14.8 Å². The smallest absolute Gasteiger partial charge is 0.456 e. The number of hydrogen-bond donors (Lipinski definition) is 2. The zero-order valence-corrected chi connectivity index (χ0v) is 9.99. The van der Waals surface area contributed by atoms with Crippen LogP contribution in [0.25, 0.3) is 0 Å². The average molecular weight is 242 g/mol. The van der Waals surface area contributed by atoms with Crippen molar-refractivity contribution in [1.82, 2.24) is 0 Å². The molecule has 0 saturated carbocycles. The molecule has 0 aliphatic rings. The van der Waals surface area contributed by atoms with Crippen LogP contribution in [-0.2, 0) is 12.9 Å². The third-order valence-electron chi connectivity index (χ3n) is 2.59. The topological polar surface area (TPSA) is 49.7 Å². The van der Waals surface area contributed by atoms with E-state index < -0.39 is 7.12 Å². The monoisotopic (exact) mass is 242 g/mol. The van der Waals surface area contributed by atoms with Crippen molar-refractivity contribution in [2.24, 2.45) is 0 Å². The summed E-state index contributed by atoms with van der Waals surface area (Å²) in [6, 6.07) is 17.3. The van der Waals surface area contributed by atoms with Gasteiger partial charge in [0.25, 0.3) is 0 Å².